The molecule has 2 saturated heterocycles. The fourth-order valence-electron chi connectivity index (χ4n) is 6.20. The van der Waals surface area contributed by atoms with E-state index >= 15 is 0 Å². The zero-order chi connectivity index (χ0) is 33.1. The lowest BCUT2D eigenvalue weighted by Gasteiger charge is -2.40. The highest BCUT2D eigenvalue weighted by atomic mass is 16.5. The first-order valence-electron chi connectivity index (χ1n) is 16.7. The number of urea groups is 2. The maximum absolute atomic E-state index is 13.4. The summed E-state index contributed by atoms with van der Waals surface area (Å²) in [6.45, 7) is 11.3. The minimum absolute atomic E-state index is 0.0383. The highest BCUT2D eigenvalue weighted by Crippen LogP contribution is 2.28. The molecule has 0 spiro atoms. The monoisotopic (exact) mass is 633 g/mol. The van der Waals surface area contributed by atoms with Gasteiger partial charge in [-0.15, -0.1) is 0 Å². The van der Waals surface area contributed by atoms with Gasteiger partial charge in [-0.2, -0.15) is 5.10 Å². The van der Waals surface area contributed by atoms with Gasteiger partial charge in [-0.05, 0) is 75.8 Å². The fraction of sp³-hybridized carbons (Fsp3) is 0.543. The van der Waals surface area contributed by atoms with Crippen molar-refractivity contribution in [2.24, 2.45) is 5.10 Å². The number of anilines is 1. The van der Waals surface area contributed by atoms with Crippen molar-refractivity contribution >= 4 is 29.9 Å². The molecule has 4 aliphatic rings. The molecule has 4 amide bonds. The SMILES string of the molecule is C/C=C1/CC=NN/C1=C(C)/C=C/CC(NC(=O)N1CCC(N2Cc3ccccc3NC2=O)CC1)C(=O)OC1CCN(C)CC1.CC. The van der Waals surface area contributed by atoms with Gasteiger partial charge in [0.15, 0.2) is 0 Å². The van der Waals surface area contributed by atoms with Crippen LogP contribution in [0, 0.1) is 0 Å². The van der Waals surface area contributed by atoms with Crippen LogP contribution in [0.3, 0.4) is 0 Å². The van der Waals surface area contributed by atoms with Crippen LogP contribution in [0.4, 0.5) is 15.3 Å². The third kappa shape index (κ3) is 8.99. The molecule has 1 aromatic rings. The van der Waals surface area contributed by atoms with Crippen molar-refractivity contribution in [3.05, 3.63) is 64.9 Å². The minimum Gasteiger partial charge on any atom is -0.461 e. The Morgan fingerprint density at radius 3 is 2.54 bits per heavy atom. The van der Waals surface area contributed by atoms with Gasteiger partial charge in [-0.1, -0.05) is 50.3 Å². The van der Waals surface area contributed by atoms with E-state index in [4.69, 9.17) is 4.74 Å². The average Bonchev–Trinajstić information content (AvgIpc) is 3.09. The van der Waals surface area contributed by atoms with Crippen LogP contribution < -0.4 is 16.1 Å². The number of carbonyl (C=O) groups excluding carboxylic acids is 3. The smallest absolute Gasteiger partial charge is 0.329 e. The van der Waals surface area contributed by atoms with Crippen molar-refractivity contribution in [2.45, 2.75) is 91.0 Å². The van der Waals surface area contributed by atoms with E-state index in [2.05, 4.69) is 39.2 Å². The van der Waals surface area contributed by atoms with Crippen LogP contribution in [0.1, 0.15) is 71.8 Å². The number of esters is 1. The summed E-state index contributed by atoms with van der Waals surface area (Å²) in [5, 5.41) is 10.1. The molecule has 4 heterocycles. The lowest BCUT2D eigenvalue weighted by atomic mass is 10.0. The summed E-state index contributed by atoms with van der Waals surface area (Å²) in [4.78, 5) is 45.4. The largest absolute Gasteiger partial charge is 0.461 e. The van der Waals surface area contributed by atoms with Gasteiger partial charge in [0.25, 0.3) is 0 Å². The van der Waals surface area contributed by atoms with E-state index in [0.717, 1.165) is 60.4 Å². The van der Waals surface area contributed by atoms with Crippen LogP contribution in [0.15, 0.2) is 64.4 Å². The summed E-state index contributed by atoms with van der Waals surface area (Å²) in [6.07, 6.45) is 11.6. The number of allylic oxidation sites excluding steroid dienone is 4. The third-order valence-corrected chi connectivity index (χ3v) is 8.97. The zero-order valence-corrected chi connectivity index (χ0v) is 28.1. The number of nitrogens with zero attached hydrogens (tertiary/aromatic N) is 4. The molecule has 1 atom stereocenters. The lowest BCUT2D eigenvalue weighted by molar-refractivity contribution is -0.153. The Morgan fingerprint density at radius 1 is 1.11 bits per heavy atom. The number of carbonyl (C=O) groups is 3. The number of fused-ring (bicyclic) bond motifs is 1. The normalized spacial score (nSPS) is 21.9. The Labute approximate surface area is 273 Å². The van der Waals surface area contributed by atoms with Crippen LogP contribution in [-0.2, 0) is 16.1 Å². The van der Waals surface area contributed by atoms with Crippen molar-refractivity contribution in [1.82, 2.24) is 25.4 Å². The Morgan fingerprint density at radius 2 is 1.83 bits per heavy atom. The predicted molar refractivity (Wildman–Crippen MR) is 182 cm³/mol. The van der Waals surface area contributed by atoms with E-state index in [1.54, 1.807) is 4.90 Å². The number of hydrogen-bond acceptors (Lipinski definition) is 7. The molecule has 2 fully saturated rings. The van der Waals surface area contributed by atoms with E-state index in [9.17, 15) is 14.4 Å². The van der Waals surface area contributed by atoms with Gasteiger partial charge in [-0.3, -0.25) is 5.43 Å². The highest BCUT2D eigenvalue weighted by Gasteiger charge is 2.34. The molecule has 46 heavy (non-hydrogen) atoms. The molecule has 11 heteroatoms. The second kappa shape index (κ2) is 17.0. The molecule has 5 rings (SSSR count). The van der Waals surface area contributed by atoms with E-state index in [0.29, 0.717) is 38.9 Å². The molecule has 11 nitrogen and oxygen atoms in total. The molecule has 0 saturated carbocycles. The van der Waals surface area contributed by atoms with E-state index in [-0.39, 0.29) is 24.2 Å². The van der Waals surface area contributed by atoms with Gasteiger partial charge in [0.2, 0.25) is 0 Å². The van der Waals surface area contributed by atoms with Crippen molar-refractivity contribution in [3.8, 4) is 0 Å². The summed E-state index contributed by atoms with van der Waals surface area (Å²) >= 11 is 0. The maximum Gasteiger partial charge on any atom is 0.329 e. The Hall–Kier alpha value is -4.12. The molecule has 250 valence electrons. The van der Waals surface area contributed by atoms with E-state index < -0.39 is 12.0 Å². The van der Waals surface area contributed by atoms with Gasteiger partial charge in [0.05, 0.1) is 5.70 Å². The van der Waals surface area contributed by atoms with Crippen LogP contribution in [0.25, 0.3) is 0 Å². The zero-order valence-electron chi connectivity index (χ0n) is 28.1. The Bertz CT molecular complexity index is 1340. The summed E-state index contributed by atoms with van der Waals surface area (Å²) in [5.41, 5.74) is 8.13. The molecular weight excluding hydrogens is 582 g/mol. The number of hydrazone groups is 1. The second-order valence-electron chi connectivity index (χ2n) is 12.0. The Kier molecular flexibility index (Phi) is 12.8. The molecule has 0 radical (unpaired) electrons. The quantitative estimate of drug-likeness (QED) is 0.347. The standard InChI is InChI=1S/C33H45N7O4.C2H6/c1-4-24-12-17-34-37-30(24)23(2)8-7-11-29(31(41)44-27-15-18-38(3)19-16-27)36-32(42)39-20-13-26(14-21-39)40-22-25-9-5-6-10-28(25)35-33(40)43;1-2/h4-10,17,26-27,29,37H,11-16,18-22H2,1-3H3,(H,35,43)(H,36,42);1-2H3/b8-7+,24-4-,30-23+;. The van der Waals surface area contributed by atoms with Gasteiger partial charge < -0.3 is 30.1 Å². The molecular formula is C35H51N7O4. The number of piperidine rings is 2. The Balaban J connectivity index is 0.00000235. The number of benzene rings is 1. The van der Waals surface area contributed by atoms with Crippen molar-refractivity contribution < 1.29 is 19.1 Å². The number of ether oxygens (including phenoxy) is 1. The first-order chi connectivity index (χ1) is 22.3. The lowest BCUT2D eigenvalue weighted by Crippen LogP contribution is -2.54. The van der Waals surface area contributed by atoms with Gasteiger partial charge >= 0.3 is 18.0 Å². The number of nitrogens with one attached hydrogen (secondary N) is 3. The van der Waals surface area contributed by atoms with E-state index in [1.807, 2.05) is 75.2 Å². The van der Waals surface area contributed by atoms with Crippen LogP contribution in [-0.4, -0.2) is 90.4 Å². The number of hydrogen-bond donors (Lipinski definition) is 3. The van der Waals surface area contributed by atoms with Crippen molar-refractivity contribution in [1.29, 1.82) is 0 Å². The molecule has 0 bridgehead atoms. The first kappa shape index (κ1) is 34.7. The molecule has 1 unspecified atom stereocenters. The van der Waals surface area contributed by atoms with Crippen molar-refractivity contribution in [2.75, 3.05) is 38.5 Å². The van der Waals surface area contributed by atoms with Gasteiger partial charge in [0, 0.05) is 57.1 Å². The maximum atomic E-state index is 13.4. The average molecular weight is 634 g/mol. The van der Waals surface area contributed by atoms with Gasteiger partial charge in [-0.25, -0.2) is 14.4 Å². The third-order valence-electron chi connectivity index (χ3n) is 8.97. The summed E-state index contributed by atoms with van der Waals surface area (Å²) in [6, 6.07) is 6.68. The van der Waals surface area contributed by atoms with Gasteiger partial charge in [0.1, 0.15) is 12.1 Å². The summed E-state index contributed by atoms with van der Waals surface area (Å²) < 4.78 is 5.90. The molecule has 4 aliphatic heterocycles. The first-order valence-corrected chi connectivity index (χ1v) is 16.7. The van der Waals surface area contributed by atoms with E-state index in [1.165, 1.54) is 0 Å². The molecule has 0 aliphatic carbocycles. The topological polar surface area (TPSA) is 119 Å². The number of amides is 4. The minimum atomic E-state index is -0.808. The van der Waals surface area contributed by atoms with Crippen LogP contribution in [0.5, 0.6) is 0 Å². The molecule has 0 aromatic heterocycles. The van der Waals surface area contributed by atoms with Crippen LogP contribution >= 0.6 is 0 Å². The number of para-hydroxylation sites is 1. The summed E-state index contributed by atoms with van der Waals surface area (Å²) in [5.74, 6) is -0.407. The second-order valence-corrected chi connectivity index (χ2v) is 12.0. The predicted octanol–water partition coefficient (Wildman–Crippen LogP) is 5.39. The number of likely N-dealkylation sites (tertiary alicyclic amines) is 2. The fourth-order valence-corrected chi connectivity index (χ4v) is 6.20. The molecule has 3 N–H and O–H groups in total. The number of rotatable bonds is 7. The van der Waals surface area contributed by atoms with Crippen molar-refractivity contribution in [3.63, 3.8) is 0 Å². The highest BCUT2D eigenvalue weighted by molar-refractivity contribution is 5.92. The summed E-state index contributed by atoms with van der Waals surface area (Å²) in [7, 11) is 2.06. The molecule has 1 aromatic carbocycles. The van der Waals surface area contributed by atoms with Crippen LogP contribution in [0.2, 0.25) is 0 Å².